The maximum atomic E-state index is 12.7. The number of hydrogen-bond acceptors (Lipinski definition) is 2. The van der Waals surface area contributed by atoms with Crippen LogP contribution in [0.25, 0.3) is 0 Å². The van der Waals surface area contributed by atoms with E-state index in [9.17, 15) is 21.6 Å². The molecule has 0 radical (unpaired) electrons. The number of halogens is 4. The van der Waals surface area contributed by atoms with Gasteiger partial charge in [0.1, 0.15) is 0 Å². The second kappa shape index (κ2) is 6.26. The Kier molecular flexibility index (Phi) is 4.99. The van der Waals surface area contributed by atoms with E-state index in [1.54, 1.807) is 12.1 Å². The van der Waals surface area contributed by atoms with E-state index in [0.717, 1.165) is 4.47 Å². The molecule has 2 atom stereocenters. The van der Waals surface area contributed by atoms with Gasteiger partial charge in [-0.15, -0.1) is 0 Å². The van der Waals surface area contributed by atoms with Crippen molar-refractivity contribution in [2.45, 2.75) is 42.8 Å². The predicted molar refractivity (Wildman–Crippen MR) is 76.3 cm³/mol. The second-order valence-electron chi connectivity index (χ2n) is 5.18. The summed E-state index contributed by atoms with van der Waals surface area (Å²) < 4.78 is 65.6. The van der Waals surface area contributed by atoms with E-state index in [1.807, 2.05) is 0 Å². The summed E-state index contributed by atoms with van der Waals surface area (Å²) in [5.41, 5.74) is 0. The Morgan fingerprint density at radius 2 is 1.76 bits per heavy atom. The first-order chi connectivity index (χ1) is 9.68. The van der Waals surface area contributed by atoms with Gasteiger partial charge in [-0.2, -0.15) is 13.2 Å². The molecule has 1 aliphatic rings. The number of alkyl halides is 3. The number of sulfonamides is 1. The van der Waals surface area contributed by atoms with Gasteiger partial charge in [0, 0.05) is 10.5 Å². The first-order valence-corrected chi connectivity index (χ1v) is 8.81. The zero-order chi connectivity index (χ0) is 15.7. The topological polar surface area (TPSA) is 46.2 Å². The molecule has 118 valence electrons. The SMILES string of the molecule is O=S(=O)(NC1CCCC(C(F)(F)F)C1)c1ccc(Br)cc1. The van der Waals surface area contributed by atoms with E-state index in [4.69, 9.17) is 0 Å². The molecular weight excluding hydrogens is 371 g/mol. The van der Waals surface area contributed by atoms with Gasteiger partial charge in [-0.05, 0) is 43.5 Å². The highest BCUT2D eigenvalue weighted by molar-refractivity contribution is 9.10. The molecule has 1 saturated carbocycles. The van der Waals surface area contributed by atoms with Crippen LogP contribution >= 0.6 is 15.9 Å². The maximum Gasteiger partial charge on any atom is 0.391 e. The minimum absolute atomic E-state index is 0.0554. The van der Waals surface area contributed by atoms with Crippen molar-refractivity contribution in [3.63, 3.8) is 0 Å². The molecule has 1 aromatic carbocycles. The summed E-state index contributed by atoms with van der Waals surface area (Å²) in [5, 5.41) is 0. The van der Waals surface area contributed by atoms with Crippen molar-refractivity contribution in [3.8, 4) is 0 Å². The van der Waals surface area contributed by atoms with E-state index < -0.39 is 28.2 Å². The molecule has 8 heteroatoms. The highest BCUT2D eigenvalue weighted by Crippen LogP contribution is 2.37. The fraction of sp³-hybridized carbons (Fsp3) is 0.538. The van der Waals surface area contributed by atoms with E-state index in [1.165, 1.54) is 12.1 Å². The second-order valence-corrected chi connectivity index (χ2v) is 7.81. The lowest BCUT2D eigenvalue weighted by Crippen LogP contribution is -2.41. The lowest BCUT2D eigenvalue weighted by atomic mass is 9.86. The van der Waals surface area contributed by atoms with Gasteiger partial charge in [0.25, 0.3) is 0 Å². The molecule has 0 spiro atoms. The number of benzene rings is 1. The normalized spacial score (nSPS) is 24.0. The summed E-state index contributed by atoms with van der Waals surface area (Å²) in [4.78, 5) is 0.0554. The molecule has 0 saturated heterocycles. The first kappa shape index (κ1) is 16.8. The fourth-order valence-electron chi connectivity index (χ4n) is 2.50. The Labute approximate surface area is 130 Å². The smallest absolute Gasteiger partial charge is 0.208 e. The minimum Gasteiger partial charge on any atom is -0.208 e. The zero-order valence-corrected chi connectivity index (χ0v) is 13.4. The van der Waals surface area contributed by atoms with Gasteiger partial charge in [0.2, 0.25) is 10.0 Å². The molecule has 2 unspecified atom stereocenters. The molecule has 0 bridgehead atoms. The molecule has 1 aliphatic carbocycles. The molecule has 0 heterocycles. The molecule has 0 aliphatic heterocycles. The third-order valence-corrected chi connectivity index (χ3v) is 5.65. The Balaban J connectivity index is 2.08. The van der Waals surface area contributed by atoms with Crippen LogP contribution in [-0.4, -0.2) is 20.6 Å². The number of rotatable bonds is 3. The Morgan fingerprint density at radius 3 is 2.33 bits per heavy atom. The molecule has 0 aromatic heterocycles. The standard InChI is InChI=1S/C13H15BrF3NO2S/c14-10-4-6-12(7-5-10)21(19,20)18-11-3-1-2-9(8-11)13(15,16)17/h4-7,9,11,18H,1-3,8H2. The highest BCUT2D eigenvalue weighted by Gasteiger charge is 2.42. The van der Waals surface area contributed by atoms with Crippen LogP contribution in [0.3, 0.4) is 0 Å². The first-order valence-electron chi connectivity index (χ1n) is 6.53. The molecule has 2 rings (SSSR count). The Morgan fingerprint density at radius 1 is 1.14 bits per heavy atom. The van der Waals surface area contributed by atoms with E-state index >= 15 is 0 Å². The number of hydrogen-bond donors (Lipinski definition) is 1. The molecule has 1 N–H and O–H groups in total. The van der Waals surface area contributed by atoms with Gasteiger partial charge in [0.15, 0.2) is 0 Å². The van der Waals surface area contributed by atoms with Crippen molar-refractivity contribution >= 4 is 26.0 Å². The predicted octanol–water partition coefficient (Wildman–Crippen LogP) is 3.85. The van der Waals surface area contributed by atoms with Gasteiger partial charge in [-0.25, -0.2) is 13.1 Å². The third-order valence-electron chi connectivity index (χ3n) is 3.58. The van der Waals surface area contributed by atoms with Crippen molar-refractivity contribution in [1.82, 2.24) is 4.72 Å². The molecule has 1 aromatic rings. The zero-order valence-electron chi connectivity index (χ0n) is 11.0. The van der Waals surface area contributed by atoms with E-state index in [0.29, 0.717) is 12.8 Å². The summed E-state index contributed by atoms with van der Waals surface area (Å²) in [7, 11) is -3.78. The molecular formula is C13H15BrF3NO2S. The summed E-state index contributed by atoms with van der Waals surface area (Å²) in [6.07, 6.45) is -3.58. The van der Waals surface area contributed by atoms with Crippen LogP contribution < -0.4 is 4.72 Å². The summed E-state index contributed by atoms with van der Waals surface area (Å²) in [6, 6.07) is 5.31. The van der Waals surface area contributed by atoms with Gasteiger partial charge < -0.3 is 0 Å². The fourth-order valence-corrected chi connectivity index (χ4v) is 4.04. The van der Waals surface area contributed by atoms with E-state index in [-0.39, 0.29) is 17.7 Å². The molecule has 0 amide bonds. The quantitative estimate of drug-likeness (QED) is 0.858. The number of nitrogens with one attached hydrogen (secondary N) is 1. The lowest BCUT2D eigenvalue weighted by molar-refractivity contribution is -0.183. The van der Waals surface area contributed by atoms with Gasteiger partial charge in [0.05, 0.1) is 10.8 Å². The summed E-state index contributed by atoms with van der Waals surface area (Å²) in [6.45, 7) is 0. The third kappa shape index (κ3) is 4.43. The van der Waals surface area contributed by atoms with Gasteiger partial charge in [-0.1, -0.05) is 22.4 Å². The van der Waals surface area contributed by atoms with Crippen LogP contribution in [0.15, 0.2) is 33.6 Å². The highest BCUT2D eigenvalue weighted by atomic mass is 79.9. The van der Waals surface area contributed by atoms with Gasteiger partial charge >= 0.3 is 6.18 Å². The van der Waals surface area contributed by atoms with Crippen LogP contribution in [0.1, 0.15) is 25.7 Å². The molecule has 1 fully saturated rings. The van der Waals surface area contributed by atoms with Crippen LogP contribution in [0.2, 0.25) is 0 Å². The van der Waals surface area contributed by atoms with Crippen LogP contribution in [-0.2, 0) is 10.0 Å². The largest absolute Gasteiger partial charge is 0.391 e. The average molecular weight is 386 g/mol. The van der Waals surface area contributed by atoms with Crippen molar-refractivity contribution in [2.24, 2.45) is 5.92 Å². The van der Waals surface area contributed by atoms with Crippen molar-refractivity contribution < 1.29 is 21.6 Å². The van der Waals surface area contributed by atoms with Crippen LogP contribution in [0.5, 0.6) is 0 Å². The monoisotopic (exact) mass is 385 g/mol. The summed E-state index contributed by atoms with van der Waals surface area (Å²) >= 11 is 3.20. The van der Waals surface area contributed by atoms with Crippen LogP contribution in [0.4, 0.5) is 13.2 Å². The van der Waals surface area contributed by atoms with Crippen LogP contribution in [0, 0.1) is 5.92 Å². The Bertz CT molecular complexity index is 586. The summed E-state index contributed by atoms with van der Waals surface area (Å²) in [5.74, 6) is -1.43. The maximum absolute atomic E-state index is 12.7. The minimum atomic E-state index is -4.26. The molecule has 21 heavy (non-hydrogen) atoms. The van der Waals surface area contributed by atoms with Gasteiger partial charge in [-0.3, -0.25) is 0 Å². The van der Waals surface area contributed by atoms with Crippen molar-refractivity contribution in [3.05, 3.63) is 28.7 Å². The van der Waals surface area contributed by atoms with Crippen molar-refractivity contribution in [1.29, 1.82) is 0 Å². The van der Waals surface area contributed by atoms with E-state index in [2.05, 4.69) is 20.7 Å². The lowest BCUT2D eigenvalue weighted by Gasteiger charge is -2.30. The average Bonchev–Trinajstić information content (AvgIpc) is 2.38. The Hall–Kier alpha value is -0.600. The van der Waals surface area contributed by atoms with Crippen molar-refractivity contribution in [2.75, 3.05) is 0 Å². The molecule has 3 nitrogen and oxygen atoms in total.